The van der Waals surface area contributed by atoms with Crippen LogP contribution in [-0.2, 0) is 5.41 Å². The summed E-state index contributed by atoms with van der Waals surface area (Å²) in [6.07, 6.45) is 20.7. The molecule has 1 heteroatoms. The Balaban J connectivity index is 1.64. The van der Waals surface area contributed by atoms with Crippen molar-refractivity contribution < 1.29 is 4.58 Å². The quantitative estimate of drug-likeness (QED) is 0.280. The lowest BCUT2D eigenvalue weighted by Gasteiger charge is -2.31. The largest absolute Gasteiger partial charge is 0.200 e. The van der Waals surface area contributed by atoms with Gasteiger partial charge in [0.25, 0.3) is 0 Å². The number of rotatable bonds is 12. The minimum Gasteiger partial charge on any atom is -0.200 e. The lowest BCUT2D eigenvalue weighted by molar-refractivity contribution is -0.500. The van der Waals surface area contributed by atoms with Gasteiger partial charge in [0.05, 0.1) is 0 Å². The Morgan fingerprint density at radius 2 is 1.82 bits per heavy atom. The molecule has 3 unspecified atom stereocenters. The van der Waals surface area contributed by atoms with E-state index in [1.165, 1.54) is 93.0 Å². The number of aryl methyl sites for hydroxylation is 1. The summed E-state index contributed by atoms with van der Waals surface area (Å²) in [7, 11) is 0. The van der Waals surface area contributed by atoms with Crippen molar-refractivity contribution in [2.24, 2.45) is 11.8 Å². The monoisotopic (exact) mass is 448 g/mol. The summed E-state index contributed by atoms with van der Waals surface area (Å²) in [5.41, 5.74) is 6.02. The molecule has 0 radical (unpaired) electrons. The first-order valence-electron chi connectivity index (χ1n) is 13.9. The molecule has 0 bridgehead atoms. The van der Waals surface area contributed by atoms with Gasteiger partial charge in [-0.15, -0.1) is 0 Å². The van der Waals surface area contributed by atoms with Crippen LogP contribution in [0, 0.1) is 18.8 Å². The van der Waals surface area contributed by atoms with Gasteiger partial charge in [-0.3, -0.25) is 0 Å². The summed E-state index contributed by atoms with van der Waals surface area (Å²) in [5.74, 6) is 1.67. The molecule has 0 N–H and O–H groups in total. The van der Waals surface area contributed by atoms with Gasteiger partial charge in [-0.05, 0) is 74.8 Å². The third-order valence-electron chi connectivity index (χ3n) is 8.61. The smallest absolute Gasteiger partial charge is 0.184 e. The number of benzene rings is 1. The number of hydrogen-bond donors (Lipinski definition) is 0. The maximum absolute atomic E-state index is 4.47. The highest BCUT2D eigenvalue weighted by molar-refractivity contribution is 5.96. The maximum atomic E-state index is 4.47. The Morgan fingerprint density at radius 1 is 1.12 bits per heavy atom. The van der Waals surface area contributed by atoms with Gasteiger partial charge >= 0.3 is 0 Å². The van der Waals surface area contributed by atoms with Gasteiger partial charge in [0, 0.05) is 18.4 Å². The van der Waals surface area contributed by atoms with Crippen molar-refractivity contribution in [2.75, 3.05) is 0 Å². The molecule has 0 aromatic heterocycles. The fraction of sp³-hybridized carbons (Fsp3) is 0.656. The maximum Gasteiger partial charge on any atom is 0.184 e. The van der Waals surface area contributed by atoms with Crippen LogP contribution < -0.4 is 0 Å². The average molecular weight is 449 g/mol. The molecule has 0 spiro atoms. The summed E-state index contributed by atoms with van der Waals surface area (Å²) in [6, 6.07) is 9.83. The molecule has 0 amide bonds. The molecule has 1 aromatic rings. The second kappa shape index (κ2) is 12.2. The van der Waals surface area contributed by atoms with E-state index in [0.29, 0.717) is 12.0 Å². The third kappa shape index (κ3) is 6.93. The van der Waals surface area contributed by atoms with E-state index in [1.54, 1.807) is 0 Å². The van der Waals surface area contributed by atoms with Crippen LogP contribution in [0.3, 0.4) is 0 Å². The van der Waals surface area contributed by atoms with Crippen LogP contribution in [0.25, 0.3) is 0 Å². The fourth-order valence-electron chi connectivity index (χ4n) is 6.35. The molecule has 2 aliphatic rings. The van der Waals surface area contributed by atoms with E-state index in [2.05, 4.69) is 82.3 Å². The highest BCUT2D eigenvalue weighted by atomic mass is 15.0. The van der Waals surface area contributed by atoms with Crippen molar-refractivity contribution in [1.82, 2.24) is 0 Å². The molecule has 1 nitrogen and oxygen atoms in total. The molecule has 33 heavy (non-hydrogen) atoms. The highest BCUT2D eigenvalue weighted by Gasteiger charge is 2.31. The summed E-state index contributed by atoms with van der Waals surface area (Å²) in [4.78, 5) is 0. The van der Waals surface area contributed by atoms with E-state index in [1.807, 2.05) is 0 Å². The molecule has 1 aliphatic carbocycles. The molecule has 1 saturated carbocycles. The second-order valence-corrected chi connectivity index (χ2v) is 11.4. The van der Waals surface area contributed by atoms with Crippen molar-refractivity contribution in [3.05, 3.63) is 59.8 Å². The lowest BCUT2D eigenvalue weighted by atomic mass is 9.74. The van der Waals surface area contributed by atoms with Crippen LogP contribution in [0.5, 0.6) is 0 Å². The zero-order valence-electron chi connectivity index (χ0n) is 22.3. The molecule has 182 valence electrons. The zero-order valence-corrected chi connectivity index (χ0v) is 22.3. The molecule has 0 saturated heterocycles. The fourth-order valence-corrected chi connectivity index (χ4v) is 6.35. The SMILES string of the molecule is C=C(CC)C1=[N+](C(C)CCCC(C)(CCC)c2ccc(C)cc2)C=CC(CC2CCCC2)C1. The van der Waals surface area contributed by atoms with Crippen molar-refractivity contribution in [3.63, 3.8) is 0 Å². The third-order valence-corrected chi connectivity index (χ3v) is 8.61. The summed E-state index contributed by atoms with van der Waals surface area (Å²) >= 11 is 0. The van der Waals surface area contributed by atoms with Crippen molar-refractivity contribution >= 4 is 5.71 Å². The Bertz CT molecular complexity index is 821. The molecular weight excluding hydrogens is 398 g/mol. The van der Waals surface area contributed by atoms with Gasteiger partial charge in [-0.1, -0.05) is 89.3 Å². The van der Waals surface area contributed by atoms with Crippen LogP contribution in [0.4, 0.5) is 0 Å². The van der Waals surface area contributed by atoms with Crippen molar-refractivity contribution in [3.8, 4) is 0 Å². The first kappa shape index (κ1) is 26.0. The summed E-state index contributed by atoms with van der Waals surface area (Å²) < 4.78 is 2.58. The minimum atomic E-state index is 0.284. The van der Waals surface area contributed by atoms with Gasteiger partial charge in [0.1, 0.15) is 0 Å². The van der Waals surface area contributed by atoms with E-state index in [4.69, 9.17) is 0 Å². The Morgan fingerprint density at radius 3 is 2.45 bits per heavy atom. The van der Waals surface area contributed by atoms with E-state index in [-0.39, 0.29) is 5.41 Å². The van der Waals surface area contributed by atoms with Crippen LogP contribution in [-0.4, -0.2) is 16.3 Å². The Kier molecular flexibility index (Phi) is 9.59. The molecule has 1 aliphatic heterocycles. The van der Waals surface area contributed by atoms with Gasteiger partial charge in [0.15, 0.2) is 18.0 Å². The number of nitrogens with zero attached hydrogens (tertiary/aromatic N) is 1. The van der Waals surface area contributed by atoms with Crippen LogP contribution in [0.2, 0.25) is 0 Å². The molecule has 1 heterocycles. The summed E-state index contributed by atoms with van der Waals surface area (Å²) in [6.45, 7) is 16.2. The molecular formula is C32H50N+. The predicted molar refractivity (Wildman–Crippen MR) is 145 cm³/mol. The van der Waals surface area contributed by atoms with Crippen LogP contribution >= 0.6 is 0 Å². The molecule has 1 aromatic carbocycles. The Hall–Kier alpha value is -1.63. The van der Waals surface area contributed by atoms with E-state index in [9.17, 15) is 0 Å². The van der Waals surface area contributed by atoms with Gasteiger partial charge < -0.3 is 0 Å². The second-order valence-electron chi connectivity index (χ2n) is 11.4. The van der Waals surface area contributed by atoms with Crippen LogP contribution in [0.15, 0.2) is 48.7 Å². The minimum absolute atomic E-state index is 0.284. The first-order valence-corrected chi connectivity index (χ1v) is 13.9. The van der Waals surface area contributed by atoms with Crippen LogP contribution in [0.1, 0.15) is 116 Å². The van der Waals surface area contributed by atoms with Gasteiger partial charge in [-0.25, -0.2) is 4.58 Å². The molecule has 3 atom stereocenters. The highest BCUT2D eigenvalue weighted by Crippen LogP contribution is 2.36. The first-order chi connectivity index (χ1) is 15.9. The van der Waals surface area contributed by atoms with E-state index < -0.39 is 0 Å². The normalized spacial score (nSPS) is 21.9. The predicted octanol–water partition coefficient (Wildman–Crippen LogP) is 9.15. The summed E-state index contributed by atoms with van der Waals surface area (Å²) in [5, 5.41) is 0. The number of hydrogen-bond acceptors (Lipinski definition) is 0. The Labute approximate surface area is 205 Å². The van der Waals surface area contributed by atoms with Gasteiger partial charge in [-0.2, -0.15) is 0 Å². The van der Waals surface area contributed by atoms with Crippen molar-refractivity contribution in [1.29, 1.82) is 0 Å². The van der Waals surface area contributed by atoms with E-state index >= 15 is 0 Å². The number of allylic oxidation sites excluding steroid dienone is 2. The standard InChI is InChI=1S/C32H50N/c1-7-20-32(6,30-17-15-25(3)16-18-30)21-11-12-27(5)33-22-19-29(23-28-13-9-10-14-28)24-31(33)26(4)8-2/h15-19,22,27-29H,4,7-14,20-21,23-24H2,1-3,5-6H3/q+1. The van der Waals surface area contributed by atoms with Gasteiger partial charge in [0.2, 0.25) is 0 Å². The average Bonchev–Trinajstić information content (AvgIpc) is 3.32. The van der Waals surface area contributed by atoms with E-state index in [0.717, 1.165) is 12.3 Å². The topological polar surface area (TPSA) is 3.01 Å². The van der Waals surface area contributed by atoms with Crippen molar-refractivity contribution in [2.45, 2.75) is 123 Å². The molecule has 3 rings (SSSR count). The molecule has 1 fully saturated rings. The zero-order chi connectivity index (χ0) is 23.8. The lowest BCUT2D eigenvalue weighted by Crippen LogP contribution is -2.32.